The minimum absolute atomic E-state index is 0.269. The number of halogens is 2. The standard InChI is InChI=1S/C18H16F2/c1-13(2)3-12-18(14-4-8-16(19)9-5-14)15-6-10-17(20)11-7-15/h3-12H,1-2H3. The van der Waals surface area contributed by atoms with E-state index in [1.165, 1.54) is 24.3 Å². The molecule has 0 N–H and O–H groups in total. The van der Waals surface area contributed by atoms with Crippen molar-refractivity contribution in [3.63, 3.8) is 0 Å². The van der Waals surface area contributed by atoms with Crippen LogP contribution in [0.2, 0.25) is 0 Å². The summed E-state index contributed by atoms with van der Waals surface area (Å²) >= 11 is 0. The maximum Gasteiger partial charge on any atom is 0.123 e. The smallest absolute Gasteiger partial charge is 0.123 e. The molecule has 2 heteroatoms. The zero-order chi connectivity index (χ0) is 14.5. The summed E-state index contributed by atoms with van der Waals surface area (Å²) in [6, 6.07) is 12.6. The summed E-state index contributed by atoms with van der Waals surface area (Å²) in [7, 11) is 0. The second-order valence-corrected chi connectivity index (χ2v) is 4.84. The Balaban J connectivity index is 2.50. The Hall–Kier alpha value is -2.22. The Kier molecular flexibility index (Phi) is 4.46. The topological polar surface area (TPSA) is 0 Å². The fourth-order valence-electron chi connectivity index (χ4n) is 1.87. The van der Waals surface area contributed by atoms with Crippen LogP contribution in [0.4, 0.5) is 8.78 Å². The van der Waals surface area contributed by atoms with Crippen molar-refractivity contribution in [2.75, 3.05) is 0 Å². The largest absolute Gasteiger partial charge is 0.207 e. The normalized spacial score (nSPS) is 10.0. The number of allylic oxidation sites excluding steroid dienone is 3. The van der Waals surface area contributed by atoms with E-state index in [0.29, 0.717) is 0 Å². The first-order valence-corrected chi connectivity index (χ1v) is 6.43. The van der Waals surface area contributed by atoms with Gasteiger partial charge in [-0.1, -0.05) is 42.0 Å². The molecule has 0 nitrogen and oxygen atoms in total. The molecule has 0 aliphatic carbocycles. The molecule has 0 aliphatic heterocycles. The van der Waals surface area contributed by atoms with Crippen molar-refractivity contribution in [3.05, 3.63) is 89.0 Å². The number of benzene rings is 2. The van der Waals surface area contributed by atoms with Crippen LogP contribution in [0.25, 0.3) is 5.57 Å². The molecule has 20 heavy (non-hydrogen) atoms. The van der Waals surface area contributed by atoms with Gasteiger partial charge in [-0.25, -0.2) is 8.78 Å². The quantitative estimate of drug-likeness (QED) is 0.658. The monoisotopic (exact) mass is 270 g/mol. The summed E-state index contributed by atoms with van der Waals surface area (Å²) < 4.78 is 26.1. The van der Waals surface area contributed by atoms with Gasteiger partial charge in [0, 0.05) is 0 Å². The summed E-state index contributed by atoms with van der Waals surface area (Å²) in [4.78, 5) is 0. The van der Waals surface area contributed by atoms with Gasteiger partial charge in [-0.3, -0.25) is 0 Å². The number of hydrogen-bond donors (Lipinski definition) is 0. The third kappa shape index (κ3) is 3.64. The molecule has 2 rings (SSSR count). The predicted octanol–water partition coefficient (Wildman–Crippen LogP) is 5.36. The SMILES string of the molecule is CC(C)=CC=C(c1ccc(F)cc1)c1ccc(F)cc1. The third-order valence-corrected chi connectivity index (χ3v) is 2.89. The average Bonchev–Trinajstić information content (AvgIpc) is 2.42. The zero-order valence-corrected chi connectivity index (χ0v) is 11.5. The van der Waals surface area contributed by atoms with Crippen LogP contribution in [0.5, 0.6) is 0 Å². The van der Waals surface area contributed by atoms with Gasteiger partial charge in [0.15, 0.2) is 0 Å². The predicted molar refractivity (Wildman–Crippen MR) is 79.3 cm³/mol. The summed E-state index contributed by atoms with van der Waals surface area (Å²) in [6.07, 6.45) is 3.96. The van der Waals surface area contributed by atoms with Gasteiger partial charge in [-0.2, -0.15) is 0 Å². The van der Waals surface area contributed by atoms with Crippen molar-refractivity contribution in [2.45, 2.75) is 13.8 Å². The van der Waals surface area contributed by atoms with Gasteiger partial charge >= 0.3 is 0 Å². The average molecular weight is 270 g/mol. The highest BCUT2D eigenvalue weighted by Crippen LogP contribution is 2.24. The minimum Gasteiger partial charge on any atom is -0.207 e. The maximum absolute atomic E-state index is 13.0. The molecule has 0 atom stereocenters. The molecule has 0 unspecified atom stereocenters. The Bertz CT molecular complexity index is 581. The van der Waals surface area contributed by atoms with Crippen LogP contribution in [-0.4, -0.2) is 0 Å². The first-order chi connectivity index (χ1) is 9.56. The van der Waals surface area contributed by atoms with Crippen LogP contribution < -0.4 is 0 Å². The zero-order valence-electron chi connectivity index (χ0n) is 11.5. The van der Waals surface area contributed by atoms with Crippen LogP contribution in [0.15, 0.2) is 66.3 Å². The van der Waals surface area contributed by atoms with Gasteiger partial charge < -0.3 is 0 Å². The molecule has 0 amide bonds. The Morgan fingerprint density at radius 2 is 1.10 bits per heavy atom. The van der Waals surface area contributed by atoms with Crippen LogP contribution in [0.1, 0.15) is 25.0 Å². The third-order valence-electron chi connectivity index (χ3n) is 2.89. The molecular formula is C18H16F2. The van der Waals surface area contributed by atoms with E-state index in [1.54, 1.807) is 24.3 Å². The van der Waals surface area contributed by atoms with E-state index in [1.807, 2.05) is 26.0 Å². The molecule has 0 heterocycles. The van der Waals surface area contributed by atoms with Crippen LogP contribution in [0.3, 0.4) is 0 Å². The fourth-order valence-corrected chi connectivity index (χ4v) is 1.87. The van der Waals surface area contributed by atoms with Crippen molar-refractivity contribution in [1.82, 2.24) is 0 Å². The van der Waals surface area contributed by atoms with Gasteiger partial charge in [-0.15, -0.1) is 0 Å². The molecule has 2 aromatic rings. The highest BCUT2D eigenvalue weighted by atomic mass is 19.1. The first-order valence-electron chi connectivity index (χ1n) is 6.43. The molecule has 0 aliphatic rings. The van der Waals surface area contributed by atoms with Crippen molar-refractivity contribution in [3.8, 4) is 0 Å². The molecule has 102 valence electrons. The van der Waals surface area contributed by atoms with E-state index < -0.39 is 0 Å². The van der Waals surface area contributed by atoms with E-state index in [9.17, 15) is 8.78 Å². The van der Waals surface area contributed by atoms with Crippen molar-refractivity contribution < 1.29 is 8.78 Å². The highest BCUT2D eigenvalue weighted by molar-refractivity contribution is 5.80. The van der Waals surface area contributed by atoms with Gasteiger partial charge in [0.2, 0.25) is 0 Å². The lowest BCUT2D eigenvalue weighted by Gasteiger charge is -2.08. The van der Waals surface area contributed by atoms with Crippen LogP contribution in [-0.2, 0) is 0 Å². The van der Waals surface area contributed by atoms with Crippen molar-refractivity contribution in [1.29, 1.82) is 0 Å². The molecule has 0 aromatic heterocycles. The van der Waals surface area contributed by atoms with E-state index in [4.69, 9.17) is 0 Å². The molecule has 2 aromatic carbocycles. The molecule has 0 saturated carbocycles. The molecular weight excluding hydrogens is 254 g/mol. The Morgan fingerprint density at radius 3 is 1.45 bits per heavy atom. The second-order valence-electron chi connectivity index (χ2n) is 4.84. The summed E-state index contributed by atoms with van der Waals surface area (Å²) in [5, 5.41) is 0. The van der Waals surface area contributed by atoms with Gasteiger partial charge in [0.05, 0.1) is 0 Å². The molecule has 0 radical (unpaired) electrons. The van der Waals surface area contributed by atoms with E-state index in [-0.39, 0.29) is 11.6 Å². The van der Waals surface area contributed by atoms with Crippen molar-refractivity contribution in [2.24, 2.45) is 0 Å². The lowest BCUT2D eigenvalue weighted by atomic mass is 9.97. The molecule has 0 fully saturated rings. The lowest BCUT2D eigenvalue weighted by molar-refractivity contribution is 0.627. The lowest BCUT2D eigenvalue weighted by Crippen LogP contribution is -1.89. The number of rotatable bonds is 3. The maximum atomic E-state index is 13.0. The van der Waals surface area contributed by atoms with E-state index in [0.717, 1.165) is 22.3 Å². The van der Waals surface area contributed by atoms with Crippen molar-refractivity contribution >= 4 is 5.57 Å². The summed E-state index contributed by atoms with van der Waals surface area (Å²) in [6.45, 7) is 4.01. The highest BCUT2D eigenvalue weighted by Gasteiger charge is 2.05. The number of hydrogen-bond acceptors (Lipinski definition) is 0. The van der Waals surface area contributed by atoms with Crippen LogP contribution in [0, 0.1) is 11.6 Å². The fraction of sp³-hybridized carbons (Fsp3) is 0.111. The van der Waals surface area contributed by atoms with Gasteiger partial charge in [-0.05, 0) is 54.8 Å². The van der Waals surface area contributed by atoms with Gasteiger partial charge in [0.25, 0.3) is 0 Å². The summed E-state index contributed by atoms with van der Waals surface area (Å²) in [5.74, 6) is -0.538. The minimum atomic E-state index is -0.269. The Morgan fingerprint density at radius 1 is 0.700 bits per heavy atom. The van der Waals surface area contributed by atoms with Crippen LogP contribution >= 0.6 is 0 Å². The second kappa shape index (κ2) is 6.29. The molecule has 0 saturated heterocycles. The van der Waals surface area contributed by atoms with Gasteiger partial charge in [0.1, 0.15) is 11.6 Å². The first kappa shape index (κ1) is 14.2. The molecule has 0 spiro atoms. The van der Waals surface area contributed by atoms with E-state index in [2.05, 4.69) is 0 Å². The molecule has 0 bridgehead atoms. The summed E-state index contributed by atoms with van der Waals surface area (Å²) in [5.41, 5.74) is 3.89. The van der Waals surface area contributed by atoms with E-state index >= 15 is 0 Å². The Labute approximate surface area is 118 Å².